The number of anilines is 2. The zero-order valence-electron chi connectivity index (χ0n) is 16.5. The number of amides is 3. The number of nitrogens with zero attached hydrogens (tertiary/aromatic N) is 3. The first kappa shape index (κ1) is 18.3. The molecule has 1 N–H and O–H groups in total. The number of carbonyl (C=O) groups excluding carboxylic acids is 3. The maximum Gasteiger partial charge on any atom is 0.258 e. The summed E-state index contributed by atoms with van der Waals surface area (Å²) in [4.78, 5) is 46.3. The smallest absolute Gasteiger partial charge is 0.258 e. The fourth-order valence-electron chi connectivity index (χ4n) is 4.40. The summed E-state index contributed by atoms with van der Waals surface area (Å²) in [6, 6.07) is 18.3. The van der Waals surface area contributed by atoms with Gasteiger partial charge in [0.25, 0.3) is 5.91 Å². The van der Waals surface area contributed by atoms with Crippen molar-refractivity contribution in [1.82, 2.24) is 9.88 Å². The second-order valence-corrected chi connectivity index (χ2v) is 7.79. The Kier molecular flexibility index (Phi) is 4.06. The molecule has 2 aliphatic heterocycles. The number of para-hydroxylation sites is 2. The molecule has 2 aromatic carbocycles. The quantitative estimate of drug-likeness (QED) is 0.732. The van der Waals surface area contributed by atoms with Gasteiger partial charge in [-0.25, -0.2) is 4.98 Å². The number of benzene rings is 2. The number of hydrogen-bond acceptors (Lipinski definition) is 4. The molecule has 1 aromatic heterocycles. The standard InChI is InChI=1S/C23H20N4O3/c1-23-13-12-21(29)27(23)18-9-5-3-7-16(18)22(30)26(23)14-20(28)25-19-11-10-15-6-2-4-8-17(15)24-19/h2-11H,12-14H2,1H3,(H,24,25,28)/t23-/m1/s1. The molecule has 0 unspecified atom stereocenters. The van der Waals surface area contributed by atoms with Gasteiger partial charge in [-0.1, -0.05) is 30.3 Å². The molecule has 3 heterocycles. The number of rotatable bonds is 3. The van der Waals surface area contributed by atoms with Gasteiger partial charge in [0.1, 0.15) is 18.0 Å². The maximum absolute atomic E-state index is 13.2. The summed E-state index contributed by atoms with van der Waals surface area (Å²) in [6.07, 6.45) is 0.815. The molecule has 30 heavy (non-hydrogen) atoms. The lowest BCUT2D eigenvalue weighted by Crippen LogP contribution is -2.63. The summed E-state index contributed by atoms with van der Waals surface area (Å²) in [6.45, 7) is 1.68. The van der Waals surface area contributed by atoms with Crippen LogP contribution in [-0.4, -0.2) is 39.8 Å². The fourth-order valence-corrected chi connectivity index (χ4v) is 4.40. The number of pyridine rings is 1. The molecular formula is C23H20N4O3. The SMILES string of the molecule is C[C@]12CCC(=O)N1c1ccccc1C(=O)N2CC(=O)Nc1ccc2ccccc2n1. The van der Waals surface area contributed by atoms with Crippen LogP contribution in [-0.2, 0) is 9.59 Å². The fraction of sp³-hybridized carbons (Fsp3) is 0.217. The predicted octanol–water partition coefficient (Wildman–Crippen LogP) is 3.17. The summed E-state index contributed by atoms with van der Waals surface area (Å²) in [5, 5.41) is 3.76. The number of carbonyl (C=O) groups is 3. The third kappa shape index (κ3) is 2.74. The van der Waals surface area contributed by atoms with Gasteiger partial charge in [0.2, 0.25) is 11.8 Å². The van der Waals surface area contributed by atoms with E-state index in [-0.39, 0.29) is 24.3 Å². The summed E-state index contributed by atoms with van der Waals surface area (Å²) in [5.74, 6) is -0.223. The molecule has 0 aliphatic carbocycles. The van der Waals surface area contributed by atoms with E-state index < -0.39 is 5.66 Å². The van der Waals surface area contributed by atoms with Crippen molar-refractivity contribution < 1.29 is 14.4 Å². The minimum atomic E-state index is -0.864. The van der Waals surface area contributed by atoms with Crippen LogP contribution in [0.3, 0.4) is 0 Å². The van der Waals surface area contributed by atoms with Crippen LogP contribution in [0.2, 0.25) is 0 Å². The number of hydrogen-bond donors (Lipinski definition) is 1. The van der Waals surface area contributed by atoms with E-state index in [1.807, 2.05) is 43.3 Å². The van der Waals surface area contributed by atoms with Gasteiger partial charge in [-0.15, -0.1) is 0 Å². The topological polar surface area (TPSA) is 82.6 Å². The number of fused-ring (bicyclic) bond motifs is 4. The van der Waals surface area contributed by atoms with Crippen LogP contribution in [0.5, 0.6) is 0 Å². The third-order valence-electron chi connectivity index (χ3n) is 5.91. The lowest BCUT2D eigenvalue weighted by atomic mass is 9.98. The van der Waals surface area contributed by atoms with Crippen LogP contribution >= 0.6 is 0 Å². The van der Waals surface area contributed by atoms with Gasteiger partial charge < -0.3 is 10.2 Å². The van der Waals surface area contributed by atoms with E-state index >= 15 is 0 Å². The zero-order valence-corrected chi connectivity index (χ0v) is 16.5. The van der Waals surface area contributed by atoms with Crippen LogP contribution in [0.25, 0.3) is 10.9 Å². The molecule has 1 atom stereocenters. The van der Waals surface area contributed by atoms with Gasteiger partial charge in [0, 0.05) is 11.8 Å². The predicted molar refractivity (Wildman–Crippen MR) is 113 cm³/mol. The molecule has 3 aromatic rings. The molecule has 0 saturated carbocycles. The summed E-state index contributed by atoms with van der Waals surface area (Å²) in [5.41, 5.74) is 0.955. The Morgan fingerprint density at radius 1 is 1.07 bits per heavy atom. The molecule has 5 rings (SSSR count). The molecule has 7 heteroatoms. The lowest BCUT2D eigenvalue weighted by molar-refractivity contribution is -0.120. The highest BCUT2D eigenvalue weighted by Crippen LogP contribution is 2.43. The van der Waals surface area contributed by atoms with Gasteiger partial charge in [-0.2, -0.15) is 0 Å². The zero-order chi connectivity index (χ0) is 20.9. The second kappa shape index (κ2) is 6.66. The first-order chi connectivity index (χ1) is 14.5. The van der Waals surface area contributed by atoms with Crippen molar-refractivity contribution >= 4 is 40.1 Å². The Morgan fingerprint density at radius 3 is 2.70 bits per heavy atom. The minimum Gasteiger partial charge on any atom is -0.309 e. The van der Waals surface area contributed by atoms with E-state index in [1.165, 1.54) is 4.90 Å². The monoisotopic (exact) mass is 400 g/mol. The molecule has 2 aliphatic rings. The Hall–Kier alpha value is -3.74. The van der Waals surface area contributed by atoms with E-state index in [4.69, 9.17) is 0 Å². The van der Waals surface area contributed by atoms with Gasteiger partial charge in [-0.3, -0.25) is 19.3 Å². The Balaban J connectivity index is 1.43. The maximum atomic E-state index is 13.2. The first-order valence-corrected chi connectivity index (χ1v) is 9.87. The molecule has 7 nitrogen and oxygen atoms in total. The average molecular weight is 400 g/mol. The highest BCUT2D eigenvalue weighted by molar-refractivity contribution is 6.11. The molecule has 1 fully saturated rings. The summed E-state index contributed by atoms with van der Waals surface area (Å²) in [7, 11) is 0. The van der Waals surface area contributed by atoms with Crippen molar-refractivity contribution in [1.29, 1.82) is 0 Å². The average Bonchev–Trinajstić information content (AvgIpc) is 3.06. The van der Waals surface area contributed by atoms with E-state index in [9.17, 15) is 14.4 Å². The molecule has 150 valence electrons. The molecule has 0 bridgehead atoms. The minimum absolute atomic E-state index is 0.0425. The number of nitrogens with one attached hydrogen (secondary N) is 1. The third-order valence-corrected chi connectivity index (χ3v) is 5.91. The van der Waals surface area contributed by atoms with Crippen LogP contribution < -0.4 is 10.2 Å². The molecule has 3 amide bonds. The first-order valence-electron chi connectivity index (χ1n) is 9.87. The molecular weight excluding hydrogens is 380 g/mol. The van der Waals surface area contributed by atoms with Crippen molar-refractivity contribution in [2.45, 2.75) is 25.4 Å². The largest absolute Gasteiger partial charge is 0.309 e. The van der Waals surface area contributed by atoms with E-state index in [1.54, 1.807) is 29.2 Å². The van der Waals surface area contributed by atoms with Crippen molar-refractivity contribution in [2.75, 3.05) is 16.8 Å². The van der Waals surface area contributed by atoms with E-state index in [2.05, 4.69) is 10.3 Å². The van der Waals surface area contributed by atoms with Gasteiger partial charge in [-0.05, 0) is 43.7 Å². The summed E-state index contributed by atoms with van der Waals surface area (Å²) < 4.78 is 0. The van der Waals surface area contributed by atoms with E-state index in [0.717, 1.165) is 10.9 Å². The summed E-state index contributed by atoms with van der Waals surface area (Å²) >= 11 is 0. The number of aromatic nitrogens is 1. The van der Waals surface area contributed by atoms with Crippen LogP contribution in [0.4, 0.5) is 11.5 Å². The Labute approximate surface area is 173 Å². The van der Waals surface area contributed by atoms with Crippen molar-refractivity contribution in [3.63, 3.8) is 0 Å². The van der Waals surface area contributed by atoms with Crippen molar-refractivity contribution in [2.24, 2.45) is 0 Å². The van der Waals surface area contributed by atoms with Crippen LogP contribution in [0, 0.1) is 0 Å². The van der Waals surface area contributed by atoms with Crippen LogP contribution in [0.1, 0.15) is 30.1 Å². The highest BCUT2D eigenvalue weighted by Gasteiger charge is 2.53. The van der Waals surface area contributed by atoms with Gasteiger partial charge >= 0.3 is 0 Å². The Morgan fingerprint density at radius 2 is 1.83 bits per heavy atom. The second-order valence-electron chi connectivity index (χ2n) is 7.79. The van der Waals surface area contributed by atoms with Crippen molar-refractivity contribution in [3.05, 3.63) is 66.2 Å². The normalized spacial score (nSPS) is 20.3. The van der Waals surface area contributed by atoms with E-state index in [0.29, 0.717) is 29.9 Å². The Bertz CT molecular complexity index is 1210. The molecule has 1 saturated heterocycles. The van der Waals surface area contributed by atoms with Crippen molar-refractivity contribution in [3.8, 4) is 0 Å². The molecule has 0 spiro atoms. The van der Waals surface area contributed by atoms with Gasteiger partial charge in [0.15, 0.2) is 0 Å². The molecule has 0 radical (unpaired) electrons. The highest BCUT2D eigenvalue weighted by atomic mass is 16.2. The van der Waals surface area contributed by atoms with Gasteiger partial charge in [0.05, 0.1) is 16.8 Å². The van der Waals surface area contributed by atoms with Crippen LogP contribution in [0.15, 0.2) is 60.7 Å². The lowest BCUT2D eigenvalue weighted by Gasteiger charge is -2.48.